The van der Waals surface area contributed by atoms with Gasteiger partial charge in [-0.15, -0.1) is 0 Å². The standard InChI is InChI=1S/C11H15NO3S/c1-7-3-4-10(15-2)8(5-7)11-9(12)6-16(11,13)14/h3-5,9,11H,6,12H2,1-2H3. The van der Waals surface area contributed by atoms with Crippen molar-refractivity contribution in [3.63, 3.8) is 0 Å². The van der Waals surface area contributed by atoms with Gasteiger partial charge >= 0.3 is 0 Å². The maximum Gasteiger partial charge on any atom is 0.160 e. The molecule has 0 radical (unpaired) electrons. The molecule has 16 heavy (non-hydrogen) atoms. The quantitative estimate of drug-likeness (QED) is 0.831. The minimum Gasteiger partial charge on any atom is -0.496 e. The van der Waals surface area contributed by atoms with Gasteiger partial charge in [-0.2, -0.15) is 0 Å². The molecule has 1 aliphatic rings. The summed E-state index contributed by atoms with van der Waals surface area (Å²) in [6.07, 6.45) is 0. The summed E-state index contributed by atoms with van der Waals surface area (Å²) in [6, 6.07) is 5.19. The molecule has 0 saturated carbocycles. The molecule has 0 spiro atoms. The number of sulfone groups is 1. The first-order valence-electron chi connectivity index (χ1n) is 5.07. The Bertz CT molecular complexity index is 510. The van der Waals surface area contributed by atoms with Crippen LogP contribution in [0.3, 0.4) is 0 Å². The van der Waals surface area contributed by atoms with E-state index in [9.17, 15) is 8.42 Å². The molecule has 0 aliphatic carbocycles. The highest BCUT2D eigenvalue weighted by Gasteiger charge is 2.46. The van der Waals surface area contributed by atoms with Crippen LogP contribution in [-0.2, 0) is 9.84 Å². The maximum atomic E-state index is 11.7. The van der Waals surface area contributed by atoms with Crippen molar-refractivity contribution in [3.8, 4) is 5.75 Å². The molecule has 1 aromatic carbocycles. The lowest BCUT2D eigenvalue weighted by Crippen LogP contribution is -2.50. The van der Waals surface area contributed by atoms with Crippen LogP contribution < -0.4 is 10.5 Å². The van der Waals surface area contributed by atoms with E-state index in [1.54, 1.807) is 6.07 Å². The summed E-state index contributed by atoms with van der Waals surface area (Å²) in [6.45, 7) is 1.92. The van der Waals surface area contributed by atoms with Crippen molar-refractivity contribution >= 4 is 9.84 Å². The van der Waals surface area contributed by atoms with Gasteiger partial charge in [-0.05, 0) is 13.0 Å². The molecule has 1 saturated heterocycles. The first-order valence-corrected chi connectivity index (χ1v) is 6.79. The number of ether oxygens (including phenoxy) is 1. The minimum absolute atomic E-state index is 0.0642. The van der Waals surface area contributed by atoms with E-state index < -0.39 is 15.1 Å². The van der Waals surface area contributed by atoms with E-state index in [1.165, 1.54) is 7.11 Å². The van der Waals surface area contributed by atoms with Crippen LogP contribution in [0.5, 0.6) is 5.75 Å². The molecule has 2 unspecified atom stereocenters. The van der Waals surface area contributed by atoms with E-state index >= 15 is 0 Å². The number of hydrogen-bond acceptors (Lipinski definition) is 4. The zero-order chi connectivity index (χ0) is 11.9. The van der Waals surface area contributed by atoms with Gasteiger partial charge in [0.25, 0.3) is 0 Å². The van der Waals surface area contributed by atoms with Gasteiger partial charge in [-0.25, -0.2) is 8.42 Å². The van der Waals surface area contributed by atoms with Crippen LogP contribution in [0.2, 0.25) is 0 Å². The molecule has 2 N–H and O–H groups in total. The smallest absolute Gasteiger partial charge is 0.160 e. The van der Waals surface area contributed by atoms with Crippen molar-refractivity contribution in [2.24, 2.45) is 5.73 Å². The lowest BCUT2D eigenvalue weighted by Gasteiger charge is -2.34. The summed E-state index contributed by atoms with van der Waals surface area (Å²) in [7, 11) is -1.55. The first-order chi connectivity index (χ1) is 7.45. The predicted octanol–water partition coefficient (Wildman–Crippen LogP) is 0.800. The molecule has 4 nitrogen and oxygen atoms in total. The molecule has 1 heterocycles. The lowest BCUT2D eigenvalue weighted by atomic mass is 10.0. The third-order valence-electron chi connectivity index (χ3n) is 2.89. The summed E-state index contributed by atoms with van der Waals surface area (Å²) in [5, 5.41) is -0.609. The normalized spacial score (nSPS) is 27.2. The third-order valence-corrected chi connectivity index (χ3v) is 5.12. The van der Waals surface area contributed by atoms with Crippen molar-refractivity contribution in [1.29, 1.82) is 0 Å². The molecule has 0 bridgehead atoms. The number of aryl methyl sites for hydroxylation is 1. The van der Waals surface area contributed by atoms with Crippen LogP contribution in [0.1, 0.15) is 16.4 Å². The average Bonchev–Trinajstić information content (AvgIpc) is 2.16. The second kappa shape index (κ2) is 3.75. The number of benzene rings is 1. The van der Waals surface area contributed by atoms with Crippen molar-refractivity contribution in [2.45, 2.75) is 18.2 Å². The third kappa shape index (κ3) is 1.70. The minimum atomic E-state index is -3.08. The van der Waals surface area contributed by atoms with Crippen LogP contribution in [-0.4, -0.2) is 27.3 Å². The second-order valence-corrected chi connectivity index (χ2v) is 6.33. The van der Waals surface area contributed by atoms with Crippen molar-refractivity contribution in [2.75, 3.05) is 12.9 Å². The predicted molar refractivity (Wildman–Crippen MR) is 62.2 cm³/mol. The average molecular weight is 241 g/mol. The molecule has 0 amide bonds. The molecule has 5 heteroatoms. The second-order valence-electron chi connectivity index (χ2n) is 4.16. The molecule has 1 aromatic rings. The van der Waals surface area contributed by atoms with Gasteiger partial charge in [0.05, 0.1) is 12.9 Å². The van der Waals surface area contributed by atoms with E-state index in [2.05, 4.69) is 0 Å². The van der Waals surface area contributed by atoms with E-state index in [-0.39, 0.29) is 11.8 Å². The summed E-state index contributed by atoms with van der Waals surface area (Å²) in [4.78, 5) is 0. The SMILES string of the molecule is COc1ccc(C)cc1C1C(N)CS1(=O)=O. The maximum absolute atomic E-state index is 11.7. The Morgan fingerprint density at radius 2 is 2.12 bits per heavy atom. The Kier molecular flexibility index (Phi) is 2.67. The molecular weight excluding hydrogens is 226 g/mol. The Morgan fingerprint density at radius 1 is 1.44 bits per heavy atom. The van der Waals surface area contributed by atoms with Gasteiger partial charge in [-0.1, -0.05) is 17.7 Å². The van der Waals surface area contributed by atoms with Crippen molar-refractivity contribution in [3.05, 3.63) is 29.3 Å². The fourth-order valence-electron chi connectivity index (χ4n) is 2.10. The Morgan fingerprint density at radius 3 is 2.62 bits per heavy atom. The highest BCUT2D eigenvalue weighted by molar-refractivity contribution is 7.93. The van der Waals surface area contributed by atoms with Gasteiger partial charge in [-0.3, -0.25) is 0 Å². The van der Waals surface area contributed by atoms with E-state index in [4.69, 9.17) is 10.5 Å². The number of nitrogens with two attached hydrogens (primary N) is 1. The first kappa shape index (κ1) is 11.4. The summed E-state index contributed by atoms with van der Waals surface area (Å²) in [5.74, 6) is 0.656. The Balaban J connectivity index is 2.51. The summed E-state index contributed by atoms with van der Waals surface area (Å²) < 4.78 is 28.5. The fraction of sp³-hybridized carbons (Fsp3) is 0.455. The van der Waals surface area contributed by atoms with Crippen molar-refractivity contribution < 1.29 is 13.2 Å². The molecule has 88 valence electrons. The van der Waals surface area contributed by atoms with Gasteiger partial charge in [0.2, 0.25) is 0 Å². The Labute approximate surface area is 95.3 Å². The highest BCUT2D eigenvalue weighted by atomic mass is 32.2. The topological polar surface area (TPSA) is 69.4 Å². The van der Waals surface area contributed by atoms with Gasteiger partial charge < -0.3 is 10.5 Å². The molecule has 2 atom stereocenters. The number of rotatable bonds is 2. The van der Waals surface area contributed by atoms with E-state index in [1.807, 2.05) is 19.1 Å². The lowest BCUT2D eigenvalue weighted by molar-refractivity contribution is 0.404. The molecule has 1 aliphatic heterocycles. The highest BCUT2D eigenvalue weighted by Crippen LogP contribution is 2.40. The number of hydrogen-bond donors (Lipinski definition) is 1. The van der Waals surface area contributed by atoms with Gasteiger partial charge in [0.1, 0.15) is 11.0 Å². The molecule has 1 fully saturated rings. The van der Waals surface area contributed by atoms with E-state index in [0.717, 1.165) is 5.56 Å². The van der Waals surface area contributed by atoms with Crippen LogP contribution in [0.15, 0.2) is 18.2 Å². The van der Waals surface area contributed by atoms with Crippen LogP contribution in [0.4, 0.5) is 0 Å². The summed E-state index contributed by atoms with van der Waals surface area (Å²) in [5.41, 5.74) is 7.46. The molecule has 2 rings (SSSR count). The zero-order valence-corrected chi connectivity index (χ0v) is 10.1. The summed E-state index contributed by atoms with van der Waals surface area (Å²) >= 11 is 0. The van der Waals surface area contributed by atoms with E-state index in [0.29, 0.717) is 11.3 Å². The largest absolute Gasteiger partial charge is 0.496 e. The Hall–Kier alpha value is -1.07. The molecular formula is C11H15NO3S. The van der Waals surface area contributed by atoms with Crippen LogP contribution in [0, 0.1) is 6.92 Å². The van der Waals surface area contributed by atoms with Gasteiger partial charge in [0, 0.05) is 11.6 Å². The number of methoxy groups -OCH3 is 1. The van der Waals surface area contributed by atoms with Gasteiger partial charge in [0.15, 0.2) is 9.84 Å². The molecule has 0 aromatic heterocycles. The fourth-order valence-corrected chi connectivity index (χ4v) is 3.88. The van der Waals surface area contributed by atoms with Crippen LogP contribution >= 0.6 is 0 Å². The monoisotopic (exact) mass is 241 g/mol. The zero-order valence-electron chi connectivity index (χ0n) is 9.30. The van der Waals surface area contributed by atoms with Crippen LogP contribution in [0.25, 0.3) is 0 Å². The van der Waals surface area contributed by atoms with Crippen molar-refractivity contribution in [1.82, 2.24) is 0 Å².